The number of ether oxygens (including phenoxy) is 1. The molecule has 0 spiro atoms. The van der Waals surface area contributed by atoms with Crippen LogP contribution < -0.4 is 4.74 Å². The minimum absolute atomic E-state index is 0.0498. The largest absolute Gasteiger partial charge is 0.495 e. The highest BCUT2D eigenvalue weighted by Gasteiger charge is 2.29. The number of benzene rings is 1. The molecular weight excluding hydrogens is 354 g/mol. The van der Waals surface area contributed by atoms with Crippen molar-refractivity contribution in [3.63, 3.8) is 0 Å². The second-order valence-electron chi connectivity index (χ2n) is 5.74. The van der Waals surface area contributed by atoms with Gasteiger partial charge in [0.1, 0.15) is 10.6 Å². The van der Waals surface area contributed by atoms with E-state index in [2.05, 4.69) is 4.90 Å². The van der Waals surface area contributed by atoms with E-state index in [9.17, 15) is 13.2 Å². The zero-order valence-electron chi connectivity index (χ0n) is 14.0. The van der Waals surface area contributed by atoms with Crippen molar-refractivity contribution in [3.8, 4) is 5.75 Å². The van der Waals surface area contributed by atoms with Gasteiger partial charge in [0.2, 0.25) is 15.9 Å². The van der Waals surface area contributed by atoms with Crippen molar-refractivity contribution in [2.24, 2.45) is 0 Å². The molecule has 7 nitrogen and oxygen atoms in total. The molecule has 1 aromatic carbocycles. The van der Waals surface area contributed by atoms with Crippen molar-refractivity contribution in [2.45, 2.75) is 4.90 Å². The van der Waals surface area contributed by atoms with Crippen LogP contribution in [0.2, 0.25) is 5.02 Å². The Morgan fingerprint density at radius 3 is 2.50 bits per heavy atom. The summed E-state index contributed by atoms with van der Waals surface area (Å²) in [6.45, 7) is 2.55. The zero-order chi connectivity index (χ0) is 17.9. The van der Waals surface area contributed by atoms with Crippen LogP contribution in [0.4, 0.5) is 0 Å². The fourth-order valence-corrected chi connectivity index (χ4v) is 3.99. The molecule has 134 valence electrons. The second-order valence-corrected chi connectivity index (χ2v) is 8.19. The Balaban J connectivity index is 2.15. The molecule has 0 saturated carbocycles. The Morgan fingerprint density at radius 1 is 1.29 bits per heavy atom. The van der Waals surface area contributed by atoms with E-state index >= 15 is 0 Å². The van der Waals surface area contributed by atoms with Crippen LogP contribution in [0.1, 0.15) is 0 Å². The number of likely N-dealkylation sites (N-methyl/N-ethyl adjacent to an activating group) is 2. The molecule has 0 N–H and O–H groups in total. The molecule has 1 heterocycles. The number of carbonyl (C=O) groups is 1. The minimum atomic E-state index is -3.88. The average Bonchev–Trinajstić information content (AvgIpc) is 2.55. The van der Waals surface area contributed by atoms with Crippen LogP contribution >= 0.6 is 11.6 Å². The summed E-state index contributed by atoms with van der Waals surface area (Å²) < 4.78 is 31.6. The molecule has 1 aliphatic heterocycles. The zero-order valence-corrected chi connectivity index (χ0v) is 15.6. The van der Waals surface area contributed by atoms with E-state index in [4.69, 9.17) is 16.3 Å². The highest BCUT2D eigenvalue weighted by molar-refractivity contribution is 7.89. The Hall–Kier alpha value is -1.35. The minimum Gasteiger partial charge on any atom is -0.495 e. The van der Waals surface area contributed by atoms with E-state index in [0.29, 0.717) is 13.1 Å². The van der Waals surface area contributed by atoms with Crippen molar-refractivity contribution in [1.29, 1.82) is 0 Å². The average molecular weight is 376 g/mol. The van der Waals surface area contributed by atoms with Gasteiger partial charge in [0.25, 0.3) is 0 Å². The first kappa shape index (κ1) is 19.0. The molecule has 9 heteroatoms. The van der Waals surface area contributed by atoms with Crippen LogP contribution in [-0.2, 0) is 14.8 Å². The van der Waals surface area contributed by atoms with Gasteiger partial charge >= 0.3 is 0 Å². The number of nitrogens with zero attached hydrogens (tertiary/aromatic N) is 3. The van der Waals surface area contributed by atoms with Crippen LogP contribution in [0.5, 0.6) is 5.75 Å². The summed E-state index contributed by atoms with van der Waals surface area (Å²) in [5.41, 5.74) is 0. The Bertz CT molecular complexity index is 703. The van der Waals surface area contributed by atoms with Crippen molar-refractivity contribution >= 4 is 27.5 Å². The van der Waals surface area contributed by atoms with Crippen molar-refractivity contribution in [2.75, 3.05) is 53.9 Å². The summed E-state index contributed by atoms with van der Waals surface area (Å²) in [6.07, 6.45) is 0. The van der Waals surface area contributed by atoms with Gasteiger partial charge in [-0.3, -0.25) is 4.79 Å². The summed E-state index contributed by atoms with van der Waals surface area (Å²) in [6, 6.07) is 4.37. The molecule has 0 unspecified atom stereocenters. The topological polar surface area (TPSA) is 70.2 Å². The van der Waals surface area contributed by atoms with Crippen LogP contribution in [0, 0.1) is 0 Å². The Kier molecular flexibility index (Phi) is 6.08. The molecule has 0 bridgehead atoms. The molecule has 0 aromatic heterocycles. The van der Waals surface area contributed by atoms with Gasteiger partial charge in [-0.15, -0.1) is 0 Å². The standard InChI is InChI=1S/C15H22ClN3O4S/c1-17-6-8-19(9-7-17)15(20)11-18(2)24(21,22)14-10-12(16)4-5-13(14)23-3/h4-5,10H,6-9,11H2,1-3H3. The van der Waals surface area contributed by atoms with Crippen molar-refractivity contribution < 1.29 is 17.9 Å². The Morgan fingerprint density at radius 2 is 1.92 bits per heavy atom. The first-order chi connectivity index (χ1) is 11.3. The van der Waals surface area contributed by atoms with Gasteiger partial charge in [0.15, 0.2) is 0 Å². The summed E-state index contributed by atoms with van der Waals surface area (Å²) in [7, 11) is 0.872. The normalized spacial score (nSPS) is 16.5. The maximum absolute atomic E-state index is 12.7. The van der Waals surface area contributed by atoms with E-state index in [1.54, 1.807) is 11.0 Å². The van der Waals surface area contributed by atoms with E-state index in [1.807, 2.05) is 7.05 Å². The third-order valence-corrected chi connectivity index (χ3v) is 6.09. The van der Waals surface area contributed by atoms with E-state index in [1.165, 1.54) is 26.3 Å². The number of hydrogen-bond acceptors (Lipinski definition) is 5. The number of methoxy groups -OCH3 is 1. The number of halogens is 1. The summed E-state index contributed by atoms with van der Waals surface area (Å²) in [5, 5.41) is 0.285. The summed E-state index contributed by atoms with van der Waals surface area (Å²) in [4.78, 5) is 16.1. The first-order valence-electron chi connectivity index (χ1n) is 7.52. The molecule has 1 amide bonds. The molecule has 1 saturated heterocycles. The van der Waals surface area contributed by atoms with Crippen LogP contribution in [0.25, 0.3) is 0 Å². The van der Waals surface area contributed by atoms with Gasteiger partial charge in [-0.25, -0.2) is 8.42 Å². The van der Waals surface area contributed by atoms with Gasteiger partial charge in [0, 0.05) is 38.2 Å². The maximum atomic E-state index is 12.7. The van der Waals surface area contributed by atoms with E-state index in [-0.39, 0.29) is 28.1 Å². The highest BCUT2D eigenvalue weighted by Crippen LogP contribution is 2.29. The molecule has 0 atom stereocenters. The number of sulfonamides is 1. The predicted molar refractivity (Wildman–Crippen MR) is 91.9 cm³/mol. The maximum Gasteiger partial charge on any atom is 0.247 e. The lowest BCUT2D eigenvalue weighted by Gasteiger charge is -2.33. The molecule has 1 fully saturated rings. The SMILES string of the molecule is COc1ccc(Cl)cc1S(=O)(=O)N(C)CC(=O)N1CCN(C)CC1. The number of piperazine rings is 1. The van der Waals surface area contributed by atoms with Gasteiger partial charge in [-0.05, 0) is 25.2 Å². The fourth-order valence-electron chi connectivity index (χ4n) is 2.45. The molecule has 1 aromatic rings. The monoisotopic (exact) mass is 375 g/mol. The second kappa shape index (κ2) is 7.69. The number of carbonyl (C=O) groups excluding carboxylic acids is 1. The lowest BCUT2D eigenvalue weighted by molar-refractivity contribution is -0.132. The molecule has 0 radical (unpaired) electrons. The smallest absolute Gasteiger partial charge is 0.247 e. The van der Waals surface area contributed by atoms with Gasteiger partial charge in [-0.1, -0.05) is 11.6 Å². The highest BCUT2D eigenvalue weighted by atomic mass is 35.5. The lowest BCUT2D eigenvalue weighted by atomic mass is 10.3. The van der Waals surface area contributed by atoms with Crippen LogP contribution in [-0.4, -0.2) is 82.4 Å². The molecule has 24 heavy (non-hydrogen) atoms. The van der Waals surface area contributed by atoms with Crippen molar-refractivity contribution in [3.05, 3.63) is 23.2 Å². The van der Waals surface area contributed by atoms with Crippen LogP contribution in [0.15, 0.2) is 23.1 Å². The quantitative estimate of drug-likeness (QED) is 0.759. The third kappa shape index (κ3) is 4.18. The first-order valence-corrected chi connectivity index (χ1v) is 9.33. The lowest BCUT2D eigenvalue weighted by Crippen LogP contribution is -2.50. The fraction of sp³-hybridized carbons (Fsp3) is 0.533. The number of hydrogen-bond donors (Lipinski definition) is 0. The van der Waals surface area contributed by atoms with E-state index in [0.717, 1.165) is 17.4 Å². The van der Waals surface area contributed by atoms with Gasteiger partial charge in [-0.2, -0.15) is 4.31 Å². The molecule has 2 rings (SSSR count). The number of rotatable bonds is 5. The summed E-state index contributed by atoms with van der Waals surface area (Å²) >= 11 is 5.91. The van der Waals surface area contributed by atoms with Gasteiger partial charge in [0.05, 0.1) is 13.7 Å². The van der Waals surface area contributed by atoms with Crippen LogP contribution in [0.3, 0.4) is 0 Å². The van der Waals surface area contributed by atoms with E-state index < -0.39 is 10.0 Å². The van der Waals surface area contributed by atoms with Gasteiger partial charge < -0.3 is 14.5 Å². The van der Waals surface area contributed by atoms with Crippen molar-refractivity contribution in [1.82, 2.24) is 14.1 Å². The molecule has 0 aliphatic carbocycles. The molecular formula is C15H22ClN3O4S. The third-order valence-electron chi connectivity index (χ3n) is 4.03. The summed E-state index contributed by atoms with van der Waals surface area (Å²) in [5.74, 6) is -0.0199. The molecule has 1 aliphatic rings. The Labute approximate surface area is 147 Å². The number of amides is 1. The predicted octanol–water partition coefficient (Wildman–Crippen LogP) is 0.743.